The summed E-state index contributed by atoms with van der Waals surface area (Å²) in [6, 6.07) is 15.3. The second-order valence-corrected chi connectivity index (χ2v) is 5.56. The molecule has 7 nitrogen and oxygen atoms in total. The molecule has 0 heterocycles. The Kier molecular flexibility index (Phi) is 6.57. The molecule has 0 saturated carbocycles. The number of anilines is 1. The molecule has 0 aromatic heterocycles. The fourth-order valence-electron chi connectivity index (χ4n) is 2.17. The molecule has 3 N–H and O–H groups in total. The van der Waals surface area contributed by atoms with Crippen LogP contribution in [0.3, 0.4) is 0 Å². The molecule has 0 aliphatic rings. The van der Waals surface area contributed by atoms with Gasteiger partial charge >= 0.3 is 6.03 Å². The van der Waals surface area contributed by atoms with Crippen LogP contribution in [0.25, 0.3) is 0 Å². The zero-order valence-corrected chi connectivity index (χ0v) is 14.6. The lowest BCUT2D eigenvalue weighted by Crippen LogP contribution is -2.44. The van der Waals surface area contributed by atoms with E-state index in [2.05, 4.69) is 22.0 Å². The number of carbonyl (C=O) groups excluding carboxylic acids is 2. The topological polar surface area (TPSA) is 103 Å². The SMILES string of the molecule is CNC(=O)NC(=O)C(C)Nc1cccc(OCc2cccc(C#N)c2)c1. The second-order valence-electron chi connectivity index (χ2n) is 5.56. The van der Waals surface area contributed by atoms with Crippen LogP contribution in [0.5, 0.6) is 5.75 Å². The highest BCUT2D eigenvalue weighted by Gasteiger charge is 2.15. The van der Waals surface area contributed by atoms with Gasteiger partial charge in [-0.25, -0.2) is 4.79 Å². The lowest BCUT2D eigenvalue weighted by atomic mass is 10.1. The standard InChI is InChI=1S/C19H20N4O3/c1-13(18(24)23-19(25)21-2)22-16-7-4-8-17(10-16)26-12-15-6-3-5-14(9-15)11-20/h3-10,13,22H,12H2,1-2H3,(H2,21,23,24,25). The second kappa shape index (κ2) is 9.08. The van der Waals surface area contributed by atoms with Crippen LogP contribution in [0.4, 0.5) is 10.5 Å². The van der Waals surface area contributed by atoms with E-state index in [-0.39, 0.29) is 0 Å². The van der Waals surface area contributed by atoms with Gasteiger partial charge in [0.05, 0.1) is 11.6 Å². The Morgan fingerprint density at radius 1 is 1.19 bits per heavy atom. The van der Waals surface area contributed by atoms with E-state index in [1.807, 2.05) is 12.1 Å². The first-order valence-corrected chi connectivity index (χ1v) is 8.03. The van der Waals surface area contributed by atoms with Gasteiger partial charge in [-0.15, -0.1) is 0 Å². The molecule has 0 aliphatic carbocycles. The molecule has 3 amide bonds. The monoisotopic (exact) mass is 352 g/mol. The van der Waals surface area contributed by atoms with Crippen molar-refractivity contribution < 1.29 is 14.3 Å². The molecule has 0 spiro atoms. The van der Waals surface area contributed by atoms with Gasteiger partial charge in [-0.05, 0) is 36.8 Å². The average molecular weight is 352 g/mol. The van der Waals surface area contributed by atoms with Crippen molar-refractivity contribution in [3.8, 4) is 11.8 Å². The van der Waals surface area contributed by atoms with Crippen LogP contribution in [-0.2, 0) is 11.4 Å². The van der Waals surface area contributed by atoms with Crippen molar-refractivity contribution >= 4 is 17.6 Å². The van der Waals surface area contributed by atoms with Crippen LogP contribution >= 0.6 is 0 Å². The predicted molar refractivity (Wildman–Crippen MR) is 97.6 cm³/mol. The van der Waals surface area contributed by atoms with Crippen LogP contribution in [0, 0.1) is 11.3 Å². The van der Waals surface area contributed by atoms with Crippen LogP contribution in [-0.4, -0.2) is 25.0 Å². The summed E-state index contributed by atoms with van der Waals surface area (Å²) in [5.41, 5.74) is 2.16. The highest BCUT2D eigenvalue weighted by atomic mass is 16.5. The van der Waals surface area contributed by atoms with Crippen molar-refractivity contribution in [3.63, 3.8) is 0 Å². The summed E-state index contributed by atoms with van der Waals surface area (Å²) >= 11 is 0. The van der Waals surface area contributed by atoms with E-state index >= 15 is 0 Å². The first-order chi connectivity index (χ1) is 12.5. The highest BCUT2D eigenvalue weighted by molar-refractivity contribution is 5.97. The van der Waals surface area contributed by atoms with Crippen molar-refractivity contribution in [1.82, 2.24) is 10.6 Å². The largest absolute Gasteiger partial charge is 0.489 e. The molecule has 0 fully saturated rings. The summed E-state index contributed by atoms with van der Waals surface area (Å²) in [6.07, 6.45) is 0. The van der Waals surface area contributed by atoms with Gasteiger partial charge in [-0.2, -0.15) is 5.26 Å². The molecule has 7 heteroatoms. The summed E-state index contributed by atoms with van der Waals surface area (Å²) < 4.78 is 5.74. The van der Waals surface area contributed by atoms with E-state index in [9.17, 15) is 9.59 Å². The van der Waals surface area contributed by atoms with Crippen molar-refractivity contribution in [2.24, 2.45) is 0 Å². The molecule has 0 bridgehead atoms. The molecule has 1 atom stereocenters. The average Bonchev–Trinajstić information content (AvgIpc) is 2.66. The molecule has 134 valence electrons. The van der Waals surface area contributed by atoms with Crippen LogP contribution < -0.4 is 20.7 Å². The number of ether oxygens (including phenoxy) is 1. The maximum absolute atomic E-state index is 11.9. The Balaban J connectivity index is 1.95. The minimum absolute atomic E-state index is 0.325. The van der Waals surface area contributed by atoms with Gasteiger partial charge in [0.15, 0.2) is 0 Å². The van der Waals surface area contributed by atoms with Crippen LogP contribution in [0.15, 0.2) is 48.5 Å². The third kappa shape index (κ3) is 5.53. The molecule has 0 radical (unpaired) electrons. The van der Waals surface area contributed by atoms with Crippen LogP contribution in [0.1, 0.15) is 18.1 Å². The van der Waals surface area contributed by atoms with Crippen molar-refractivity contribution in [1.29, 1.82) is 5.26 Å². The van der Waals surface area contributed by atoms with E-state index in [1.54, 1.807) is 43.3 Å². The van der Waals surface area contributed by atoms with Gasteiger partial charge < -0.3 is 15.4 Å². The number of nitriles is 1. The Labute approximate surface area is 152 Å². The molecule has 2 aromatic carbocycles. The minimum Gasteiger partial charge on any atom is -0.489 e. The molecule has 2 aromatic rings. The lowest BCUT2D eigenvalue weighted by molar-refractivity contribution is -0.120. The molecule has 0 aliphatic heterocycles. The summed E-state index contributed by atoms with van der Waals surface area (Å²) in [5.74, 6) is 0.181. The Morgan fingerprint density at radius 3 is 2.69 bits per heavy atom. The number of nitrogens with one attached hydrogen (secondary N) is 3. The molecule has 2 rings (SSSR count). The first kappa shape index (κ1) is 18.8. The van der Waals surface area contributed by atoms with E-state index < -0.39 is 18.0 Å². The number of hydrogen-bond acceptors (Lipinski definition) is 5. The Hall–Kier alpha value is -3.53. The molecule has 26 heavy (non-hydrogen) atoms. The minimum atomic E-state index is -0.602. The van der Waals surface area contributed by atoms with E-state index in [1.165, 1.54) is 7.05 Å². The summed E-state index contributed by atoms with van der Waals surface area (Å²) in [7, 11) is 1.44. The number of benzene rings is 2. The van der Waals surface area contributed by atoms with Crippen LogP contribution in [0.2, 0.25) is 0 Å². The van der Waals surface area contributed by atoms with Gasteiger partial charge in [-0.1, -0.05) is 18.2 Å². The highest BCUT2D eigenvalue weighted by Crippen LogP contribution is 2.19. The Morgan fingerprint density at radius 2 is 1.96 bits per heavy atom. The number of hydrogen-bond donors (Lipinski definition) is 3. The van der Waals surface area contributed by atoms with Crippen molar-refractivity contribution in [3.05, 3.63) is 59.7 Å². The molecule has 1 unspecified atom stereocenters. The molecular weight excluding hydrogens is 332 g/mol. The maximum Gasteiger partial charge on any atom is 0.321 e. The Bertz CT molecular complexity index is 830. The zero-order chi connectivity index (χ0) is 18.9. The summed E-state index contributed by atoms with van der Waals surface area (Å²) in [6.45, 7) is 1.98. The zero-order valence-electron chi connectivity index (χ0n) is 14.6. The van der Waals surface area contributed by atoms with E-state index in [4.69, 9.17) is 10.00 Å². The van der Waals surface area contributed by atoms with Gasteiger partial charge in [-0.3, -0.25) is 10.1 Å². The quantitative estimate of drug-likeness (QED) is 0.741. The maximum atomic E-state index is 11.9. The first-order valence-electron chi connectivity index (χ1n) is 8.03. The van der Waals surface area contributed by atoms with Gasteiger partial charge in [0, 0.05) is 18.8 Å². The van der Waals surface area contributed by atoms with Crippen molar-refractivity contribution in [2.75, 3.05) is 12.4 Å². The third-order valence-corrected chi connectivity index (χ3v) is 3.54. The lowest BCUT2D eigenvalue weighted by Gasteiger charge is -2.15. The smallest absolute Gasteiger partial charge is 0.321 e. The third-order valence-electron chi connectivity index (χ3n) is 3.54. The van der Waals surface area contributed by atoms with Gasteiger partial charge in [0.25, 0.3) is 0 Å². The fourth-order valence-corrected chi connectivity index (χ4v) is 2.17. The molecule has 0 saturated heterocycles. The number of nitrogens with zero attached hydrogens (tertiary/aromatic N) is 1. The van der Waals surface area contributed by atoms with Crippen molar-refractivity contribution in [2.45, 2.75) is 19.6 Å². The number of imide groups is 1. The number of amides is 3. The van der Waals surface area contributed by atoms with E-state index in [0.717, 1.165) is 5.56 Å². The number of rotatable bonds is 6. The van der Waals surface area contributed by atoms with Gasteiger partial charge in [0.2, 0.25) is 5.91 Å². The predicted octanol–water partition coefficient (Wildman–Crippen LogP) is 2.39. The number of carbonyl (C=O) groups is 2. The van der Waals surface area contributed by atoms with E-state index in [0.29, 0.717) is 23.6 Å². The molecular formula is C19H20N4O3. The summed E-state index contributed by atoms with van der Waals surface area (Å²) in [5, 5.41) is 16.5. The normalized spacial score (nSPS) is 11.0. The summed E-state index contributed by atoms with van der Waals surface area (Å²) in [4.78, 5) is 23.1. The fraction of sp³-hybridized carbons (Fsp3) is 0.211. The van der Waals surface area contributed by atoms with Gasteiger partial charge in [0.1, 0.15) is 18.4 Å². The number of urea groups is 1.